The summed E-state index contributed by atoms with van der Waals surface area (Å²) in [6.07, 6.45) is 1.90. The molecule has 1 unspecified atom stereocenters. The fourth-order valence-electron chi connectivity index (χ4n) is 1.19. The summed E-state index contributed by atoms with van der Waals surface area (Å²) in [6, 6.07) is 7.18. The second-order valence-corrected chi connectivity index (χ2v) is 4.27. The average Bonchev–Trinajstić information content (AvgIpc) is 2.34. The van der Waals surface area contributed by atoms with Crippen molar-refractivity contribution in [1.29, 1.82) is 0 Å². The first kappa shape index (κ1) is 15.8. The van der Waals surface area contributed by atoms with E-state index in [-0.39, 0.29) is 0 Å². The van der Waals surface area contributed by atoms with E-state index in [1.54, 1.807) is 0 Å². The van der Waals surface area contributed by atoms with E-state index in [0.29, 0.717) is 5.75 Å². The monoisotopic (exact) mass is 255 g/mol. The molecule has 3 nitrogen and oxygen atoms in total. The van der Waals surface area contributed by atoms with Gasteiger partial charge in [-0.15, -0.1) is 0 Å². The normalized spacial score (nSPS) is 11.1. The Morgan fingerprint density at radius 1 is 1.35 bits per heavy atom. The topological polar surface area (TPSA) is 49.3 Å². The van der Waals surface area contributed by atoms with E-state index in [2.05, 4.69) is 5.32 Å². The number of carboxylic acid groups (broad SMARTS) is 1. The molecule has 1 aromatic carbocycles. The Morgan fingerprint density at radius 3 is 2.29 bits per heavy atom. The largest absolute Gasteiger partial charge is 0.480 e. The third kappa shape index (κ3) is 6.22. The highest BCUT2D eigenvalue weighted by atomic mass is 32.2. The zero-order valence-electron chi connectivity index (χ0n) is 10.9. The summed E-state index contributed by atoms with van der Waals surface area (Å²) < 4.78 is 0. The lowest BCUT2D eigenvalue weighted by Gasteiger charge is -2.14. The maximum atomic E-state index is 10.9. The number of nitrogens with one attached hydrogen (secondary N) is 1. The van der Waals surface area contributed by atoms with E-state index in [0.717, 1.165) is 11.3 Å². The molecule has 0 radical (unpaired) electrons. The van der Waals surface area contributed by atoms with Gasteiger partial charge in [0.15, 0.2) is 0 Å². The van der Waals surface area contributed by atoms with Crippen molar-refractivity contribution in [3.05, 3.63) is 29.8 Å². The summed E-state index contributed by atoms with van der Waals surface area (Å²) in [5.41, 5.74) is 2.01. The van der Waals surface area contributed by atoms with Gasteiger partial charge in [0.2, 0.25) is 0 Å². The van der Waals surface area contributed by atoms with Crippen molar-refractivity contribution in [1.82, 2.24) is 0 Å². The first-order valence-electron chi connectivity index (χ1n) is 5.68. The van der Waals surface area contributed by atoms with Crippen LogP contribution in [0.3, 0.4) is 0 Å². The lowest BCUT2D eigenvalue weighted by molar-refractivity contribution is -0.137. The lowest BCUT2D eigenvalue weighted by Crippen LogP contribution is -2.31. The molecule has 17 heavy (non-hydrogen) atoms. The Labute approximate surface area is 108 Å². The molecule has 0 aliphatic carbocycles. The van der Waals surface area contributed by atoms with Crippen molar-refractivity contribution in [2.75, 3.05) is 17.3 Å². The fourth-order valence-corrected chi connectivity index (χ4v) is 1.75. The molecule has 96 valence electrons. The Hall–Kier alpha value is -1.16. The first-order chi connectivity index (χ1) is 8.13. The van der Waals surface area contributed by atoms with Crippen molar-refractivity contribution >= 4 is 23.4 Å². The van der Waals surface area contributed by atoms with Gasteiger partial charge in [-0.25, -0.2) is 4.79 Å². The first-order valence-corrected chi connectivity index (χ1v) is 7.08. The van der Waals surface area contributed by atoms with Crippen LogP contribution < -0.4 is 5.32 Å². The van der Waals surface area contributed by atoms with Crippen molar-refractivity contribution in [3.63, 3.8) is 0 Å². The van der Waals surface area contributed by atoms with Gasteiger partial charge in [0.1, 0.15) is 6.04 Å². The van der Waals surface area contributed by atoms with Gasteiger partial charge >= 0.3 is 5.97 Å². The summed E-state index contributed by atoms with van der Waals surface area (Å²) >= 11 is 1.52. The number of aliphatic carboxylic acids is 1. The predicted octanol–water partition coefficient (Wildman–Crippen LogP) is 3.25. The maximum Gasteiger partial charge on any atom is 0.326 e. The predicted molar refractivity (Wildman–Crippen MR) is 76.0 cm³/mol. The number of hydrogen-bond acceptors (Lipinski definition) is 3. The minimum Gasteiger partial charge on any atom is -0.480 e. The van der Waals surface area contributed by atoms with Gasteiger partial charge in [0.05, 0.1) is 0 Å². The minimum absolute atomic E-state index is 0.525. The molecule has 1 aromatic rings. The molecule has 0 aliphatic heterocycles. The van der Waals surface area contributed by atoms with Crippen LogP contribution in [0.1, 0.15) is 19.4 Å². The number of benzene rings is 1. The van der Waals surface area contributed by atoms with E-state index in [9.17, 15) is 4.79 Å². The smallest absolute Gasteiger partial charge is 0.326 e. The van der Waals surface area contributed by atoms with Crippen molar-refractivity contribution < 1.29 is 9.90 Å². The molecule has 0 aliphatic rings. The van der Waals surface area contributed by atoms with Gasteiger partial charge in [-0.3, -0.25) is 0 Å². The molecule has 0 spiro atoms. The Kier molecular flexibility index (Phi) is 8.32. The fraction of sp³-hybridized carbons (Fsp3) is 0.462. The van der Waals surface area contributed by atoms with Crippen molar-refractivity contribution in [3.8, 4) is 0 Å². The van der Waals surface area contributed by atoms with E-state index >= 15 is 0 Å². The second-order valence-electron chi connectivity index (χ2n) is 3.36. The summed E-state index contributed by atoms with van der Waals surface area (Å²) in [7, 11) is 0. The van der Waals surface area contributed by atoms with Crippen LogP contribution in [0.4, 0.5) is 5.69 Å². The molecular weight excluding hydrogens is 234 g/mol. The summed E-state index contributed by atoms with van der Waals surface area (Å²) in [4.78, 5) is 10.9. The Balaban J connectivity index is 0.00000121. The molecule has 0 saturated heterocycles. The molecule has 0 fully saturated rings. The van der Waals surface area contributed by atoms with E-state index < -0.39 is 12.0 Å². The van der Waals surface area contributed by atoms with Crippen LogP contribution in [0.25, 0.3) is 0 Å². The highest BCUT2D eigenvalue weighted by Gasteiger charge is 2.15. The van der Waals surface area contributed by atoms with Crippen LogP contribution in [-0.4, -0.2) is 29.1 Å². The van der Waals surface area contributed by atoms with Crippen LogP contribution in [0.5, 0.6) is 0 Å². The molecule has 0 heterocycles. The maximum absolute atomic E-state index is 10.9. The van der Waals surface area contributed by atoms with Crippen LogP contribution in [-0.2, 0) is 4.79 Å². The number of anilines is 1. The van der Waals surface area contributed by atoms with Crippen LogP contribution in [0.15, 0.2) is 24.3 Å². The van der Waals surface area contributed by atoms with Gasteiger partial charge in [-0.1, -0.05) is 31.5 Å². The highest BCUT2D eigenvalue weighted by molar-refractivity contribution is 7.98. The van der Waals surface area contributed by atoms with Crippen molar-refractivity contribution in [2.45, 2.75) is 26.8 Å². The van der Waals surface area contributed by atoms with Crippen LogP contribution >= 0.6 is 11.8 Å². The van der Waals surface area contributed by atoms with Crippen molar-refractivity contribution in [2.24, 2.45) is 0 Å². The quantitative estimate of drug-likeness (QED) is 0.848. The van der Waals surface area contributed by atoms with Gasteiger partial charge in [0.25, 0.3) is 0 Å². The third-order valence-electron chi connectivity index (χ3n) is 2.02. The van der Waals surface area contributed by atoms with E-state index in [1.807, 2.05) is 51.3 Å². The number of carbonyl (C=O) groups is 1. The molecule has 1 rings (SSSR count). The molecular formula is C13H21NO2S. The molecule has 0 saturated carbocycles. The van der Waals surface area contributed by atoms with E-state index in [1.165, 1.54) is 11.8 Å². The zero-order chi connectivity index (χ0) is 13.3. The molecule has 2 N–H and O–H groups in total. The summed E-state index contributed by atoms with van der Waals surface area (Å²) in [5, 5.41) is 11.9. The third-order valence-corrected chi connectivity index (χ3v) is 2.69. The van der Waals surface area contributed by atoms with E-state index in [4.69, 9.17) is 5.11 Å². The summed E-state index contributed by atoms with van der Waals surface area (Å²) in [5.74, 6) is -0.256. The highest BCUT2D eigenvalue weighted by Crippen LogP contribution is 2.11. The Bertz CT molecular complexity index is 325. The lowest BCUT2D eigenvalue weighted by atomic mass is 10.2. The molecule has 0 aromatic heterocycles. The van der Waals surface area contributed by atoms with Gasteiger partial charge < -0.3 is 10.4 Å². The Morgan fingerprint density at radius 2 is 1.88 bits per heavy atom. The average molecular weight is 255 g/mol. The number of thioether (sulfide) groups is 1. The molecule has 0 bridgehead atoms. The van der Waals surface area contributed by atoms with Crippen LogP contribution in [0.2, 0.25) is 0 Å². The van der Waals surface area contributed by atoms with Gasteiger partial charge in [0, 0.05) is 11.4 Å². The molecule has 0 amide bonds. The summed E-state index contributed by atoms with van der Waals surface area (Å²) in [6.45, 7) is 6.00. The van der Waals surface area contributed by atoms with Gasteiger partial charge in [-0.05, 0) is 25.3 Å². The number of rotatable bonds is 5. The molecule has 4 heteroatoms. The SMILES string of the molecule is CC.CSCC(Nc1ccc(C)cc1)C(=O)O. The van der Waals surface area contributed by atoms with Gasteiger partial charge in [-0.2, -0.15) is 11.8 Å². The number of carboxylic acids is 1. The standard InChI is InChI=1S/C11H15NO2S.C2H6/c1-8-3-5-9(6-4-8)12-10(7-15-2)11(13)14;1-2/h3-6,10,12H,7H2,1-2H3,(H,13,14);1-2H3. The van der Waals surface area contributed by atoms with Crippen LogP contribution in [0, 0.1) is 6.92 Å². The minimum atomic E-state index is -0.815. The molecule has 1 atom stereocenters. The number of aryl methyl sites for hydroxylation is 1. The second kappa shape index (κ2) is 8.93. The zero-order valence-corrected chi connectivity index (χ0v) is 11.7. The number of hydrogen-bond donors (Lipinski definition) is 2.